The molecule has 0 fully saturated rings. The number of carbonyl (C=O) groups is 1. The number of aryl methyl sites for hydroxylation is 1. The zero-order valence-corrected chi connectivity index (χ0v) is 19.4. The third-order valence-corrected chi connectivity index (χ3v) is 5.70. The summed E-state index contributed by atoms with van der Waals surface area (Å²) in [5.41, 5.74) is 0.512. The summed E-state index contributed by atoms with van der Waals surface area (Å²) in [5.74, 6) is -0.607. The van der Waals surface area contributed by atoms with Gasteiger partial charge < -0.3 is 19.6 Å². The van der Waals surface area contributed by atoms with Crippen LogP contribution in [0.25, 0.3) is 10.9 Å². The van der Waals surface area contributed by atoms with Crippen LogP contribution in [0.4, 0.5) is 0 Å². The maximum absolute atomic E-state index is 12.9. The van der Waals surface area contributed by atoms with Crippen LogP contribution in [0.5, 0.6) is 11.5 Å². The maximum Gasteiger partial charge on any atom is 0.261 e. The minimum absolute atomic E-state index is 0.0188. The fraction of sp³-hybridized carbons (Fsp3) is 0.231. The summed E-state index contributed by atoms with van der Waals surface area (Å²) in [4.78, 5) is 41.9. The van der Waals surface area contributed by atoms with Gasteiger partial charge in [0.15, 0.2) is 5.76 Å². The van der Waals surface area contributed by atoms with Crippen molar-refractivity contribution in [1.29, 1.82) is 0 Å². The van der Waals surface area contributed by atoms with Gasteiger partial charge in [-0.05, 0) is 36.8 Å². The van der Waals surface area contributed by atoms with Gasteiger partial charge in [-0.15, -0.1) is 0 Å². The molecule has 0 saturated carbocycles. The summed E-state index contributed by atoms with van der Waals surface area (Å²) in [6, 6.07) is 15.2. The molecule has 4 rings (SSSR count). The first-order chi connectivity index (χ1) is 16.9. The first-order valence-corrected chi connectivity index (χ1v) is 11.1. The minimum Gasteiger partial charge on any atom is -0.502 e. The van der Waals surface area contributed by atoms with Crippen LogP contribution in [0.2, 0.25) is 0 Å². The molecule has 0 spiro atoms. The highest BCUT2D eigenvalue weighted by Gasteiger charge is 2.25. The normalized spacial score (nSPS) is 11.8. The van der Waals surface area contributed by atoms with E-state index in [2.05, 4.69) is 10.3 Å². The SMILES string of the molecule is COc1ccc(C(CC(=O)NCCn2cnc3ccccc3c2=O)c2oc(C)cc(=O)c2O)cc1. The Hall–Kier alpha value is -4.40. The largest absolute Gasteiger partial charge is 0.502 e. The lowest BCUT2D eigenvalue weighted by Gasteiger charge is -2.18. The summed E-state index contributed by atoms with van der Waals surface area (Å²) < 4.78 is 12.3. The zero-order valence-electron chi connectivity index (χ0n) is 19.4. The molecule has 0 aliphatic rings. The molecular weight excluding hydrogens is 450 g/mol. The summed E-state index contributed by atoms with van der Waals surface area (Å²) in [6.45, 7) is 2.03. The number of nitrogens with zero attached hydrogens (tertiary/aromatic N) is 2. The lowest BCUT2D eigenvalue weighted by Crippen LogP contribution is -2.32. The van der Waals surface area contributed by atoms with E-state index in [-0.39, 0.29) is 36.7 Å². The molecular formula is C26H25N3O6. The summed E-state index contributed by atoms with van der Waals surface area (Å²) in [7, 11) is 1.54. The molecule has 180 valence electrons. The number of hydrogen-bond donors (Lipinski definition) is 2. The third kappa shape index (κ3) is 5.24. The van der Waals surface area contributed by atoms with Gasteiger partial charge >= 0.3 is 0 Å². The number of para-hydroxylation sites is 1. The maximum atomic E-state index is 12.9. The highest BCUT2D eigenvalue weighted by atomic mass is 16.5. The number of rotatable bonds is 8. The van der Waals surface area contributed by atoms with Gasteiger partial charge in [-0.25, -0.2) is 4.98 Å². The Morgan fingerprint density at radius 2 is 1.91 bits per heavy atom. The minimum atomic E-state index is -0.710. The van der Waals surface area contributed by atoms with Crippen LogP contribution in [0.3, 0.4) is 0 Å². The smallest absolute Gasteiger partial charge is 0.261 e. The molecule has 0 radical (unpaired) electrons. The van der Waals surface area contributed by atoms with E-state index in [9.17, 15) is 19.5 Å². The molecule has 0 bridgehead atoms. The highest BCUT2D eigenvalue weighted by molar-refractivity contribution is 5.78. The topological polar surface area (TPSA) is 124 Å². The van der Waals surface area contributed by atoms with Crippen LogP contribution in [0, 0.1) is 6.92 Å². The number of carbonyl (C=O) groups excluding carboxylic acids is 1. The molecule has 1 unspecified atom stereocenters. The fourth-order valence-corrected chi connectivity index (χ4v) is 3.90. The quantitative estimate of drug-likeness (QED) is 0.402. The number of aromatic nitrogens is 2. The Bertz CT molecular complexity index is 1470. The van der Waals surface area contributed by atoms with E-state index in [0.29, 0.717) is 28.0 Å². The standard InChI is InChI=1S/C26H25N3O6/c1-16-13-22(30)24(32)25(35-16)20(17-7-9-18(34-2)10-8-17)14-23(31)27-11-12-29-15-28-21-6-4-3-5-19(21)26(29)33/h3-10,13,15,20,32H,11-12,14H2,1-2H3,(H,27,31). The second-order valence-corrected chi connectivity index (χ2v) is 8.07. The van der Waals surface area contributed by atoms with Crippen molar-refractivity contribution in [3.8, 4) is 11.5 Å². The van der Waals surface area contributed by atoms with Crippen molar-refractivity contribution in [3.63, 3.8) is 0 Å². The number of methoxy groups -OCH3 is 1. The number of amides is 1. The average Bonchev–Trinajstić information content (AvgIpc) is 2.86. The van der Waals surface area contributed by atoms with E-state index in [1.807, 2.05) is 6.07 Å². The van der Waals surface area contributed by atoms with E-state index in [0.717, 1.165) is 0 Å². The van der Waals surface area contributed by atoms with Crippen molar-refractivity contribution in [2.45, 2.75) is 25.8 Å². The molecule has 1 atom stereocenters. The molecule has 35 heavy (non-hydrogen) atoms. The van der Waals surface area contributed by atoms with Gasteiger partial charge in [0.2, 0.25) is 17.1 Å². The van der Waals surface area contributed by atoms with Gasteiger partial charge in [0, 0.05) is 25.6 Å². The summed E-state index contributed by atoms with van der Waals surface area (Å²) in [5, 5.41) is 13.7. The number of benzene rings is 2. The Morgan fingerprint density at radius 3 is 2.66 bits per heavy atom. The van der Waals surface area contributed by atoms with Crippen LogP contribution in [-0.2, 0) is 11.3 Å². The molecule has 0 saturated heterocycles. The van der Waals surface area contributed by atoms with E-state index in [4.69, 9.17) is 9.15 Å². The molecule has 1 amide bonds. The van der Waals surface area contributed by atoms with E-state index < -0.39 is 17.1 Å². The molecule has 2 aromatic heterocycles. The predicted octanol–water partition coefficient (Wildman–Crippen LogP) is 2.71. The number of fused-ring (bicyclic) bond motifs is 1. The fourth-order valence-electron chi connectivity index (χ4n) is 3.90. The Morgan fingerprint density at radius 1 is 1.17 bits per heavy atom. The highest BCUT2D eigenvalue weighted by Crippen LogP contribution is 2.33. The lowest BCUT2D eigenvalue weighted by atomic mass is 9.91. The number of hydrogen-bond acceptors (Lipinski definition) is 7. The van der Waals surface area contributed by atoms with Crippen molar-refractivity contribution < 1.29 is 19.1 Å². The second-order valence-electron chi connectivity index (χ2n) is 8.07. The monoisotopic (exact) mass is 475 g/mol. The van der Waals surface area contributed by atoms with Gasteiger partial charge in [0.1, 0.15) is 11.5 Å². The molecule has 2 N–H and O–H groups in total. The average molecular weight is 476 g/mol. The zero-order chi connectivity index (χ0) is 24.9. The van der Waals surface area contributed by atoms with Crippen molar-refractivity contribution in [2.75, 3.05) is 13.7 Å². The molecule has 4 aromatic rings. The van der Waals surface area contributed by atoms with Crippen molar-refractivity contribution in [2.24, 2.45) is 0 Å². The van der Waals surface area contributed by atoms with Crippen LogP contribution in [-0.4, -0.2) is 34.2 Å². The van der Waals surface area contributed by atoms with Gasteiger partial charge in [-0.2, -0.15) is 0 Å². The molecule has 2 heterocycles. The molecule has 0 aliphatic heterocycles. The first-order valence-electron chi connectivity index (χ1n) is 11.1. The van der Waals surface area contributed by atoms with E-state index in [1.54, 1.807) is 56.5 Å². The molecule has 0 aliphatic carbocycles. The predicted molar refractivity (Wildman–Crippen MR) is 130 cm³/mol. The number of aromatic hydroxyl groups is 1. The second kappa shape index (κ2) is 10.3. The van der Waals surface area contributed by atoms with Gasteiger partial charge in [-0.1, -0.05) is 24.3 Å². The van der Waals surface area contributed by atoms with Gasteiger partial charge in [0.05, 0.1) is 30.3 Å². The summed E-state index contributed by atoms with van der Waals surface area (Å²) in [6.07, 6.45) is 1.37. The molecule has 9 nitrogen and oxygen atoms in total. The van der Waals surface area contributed by atoms with Gasteiger partial charge in [0.25, 0.3) is 5.56 Å². The van der Waals surface area contributed by atoms with Crippen LogP contribution in [0.15, 0.2) is 74.9 Å². The van der Waals surface area contributed by atoms with Crippen molar-refractivity contribution in [1.82, 2.24) is 14.9 Å². The van der Waals surface area contributed by atoms with Crippen LogP contribution < -0.4 is 21.0 Å². The summed E-state index contributed by atoms with van der Waals surface area (Å²) >= 11 is 0. The third-order valence-electron chi connectivity index (χ3n) is 5.70. The Kier molecular flexibility index (Phi) is 6.96. The molecule has 9 heteroatoms. The Balaban J connectivity index is 1.52. The van der Waals surface area contributed by atoms with Crippen molar-refractivity contribution in [3.05, 3.63) is 98.6 Å². The number of nitrogens with one attached hydrogen (secondary N) is 1. The first kappa shape index (κ1) is 23.7. The lowest BCUT2D eigenvalue weighted by molar-refractivity contribution is -0.121. The van der Waals surface area contributed by atoms with E-state index in [1.165, 1.54) is 17.0 Å². The van der Waals surface area contributed by atoms with Crippen LogP contribution >= 0.6 is 0 Å². The van der Waals surface area contributed by atoms with Crippen LogP contribution in [0.1, 0.15) is 29.4 Å². The molecule has 2 aromatic carbocycles. The number of ether oxygens (including phenoxy) is 1. The Labute approximate surface area is 200 Å². The van der Waals surface area contributed by atoms with E-state index >= 15 is 0 Å². The van der Waals surface area contributed by atoms with Gasteiger partial charge in [-0.3, -0.25) is 19.0 Å². The van der Waals surface area contributed by atoms with Crippen molar-refractivity contribution >= 4 is 16.8 Å².